The summed E-state index contributed by atoms with van der Waals surface area (Å²) in [6, 6.07) is 4.31. The second kappa shape index (κ2) is 7.17. The molecule has 0 saturated heterocycles. The summed E-state index contributed by atoms with van der Waals surface area (Å²) >= 11 is 0. The van der Waals surface area contributed by atoms with Crippen molar-refractivity contribution < 1.29 is 0 Å². The molecule has 106 valence electrons. The summed E-state index contributed by atoms with van der Waals surface area (Å²) in [7, 11) is 0. The maximum absolute atomic E-state index is 4.65. The van der Waals surface area contributed by atoms with Gasteiger partial charge in [-0.25, -0.2) is 4.52 Å². The number of hydrogen-bond donors (Lipinski definition) is 1. The van der Waals surface area contributed by atoms with Crippen LogP contribution < -0.4 is 5.32 Å². The zero-order chi connectivity index (χ0) is 14.4. The van der Waals surface area contributed by atoms with Crippen LogP contribution in [0.3, 0.4) is 0 Å². The minimum atomic E-state index is 0.999. The van der Waals surface area contributed by atoms with Crippen LogP contribution in [0.2, 0.25) is 0 Å². The van der Waals surface area contributed by atoms with E-state index >= 15 is 0 Å². The van der Waals surface area contributed by atoms with Gasteiger partial charge < -0.3 is 5.32 Å². The maximum Gasteiger partial charge on any atom is 0.152 e. The van der Waals surface area contributed by atoms with E-state index in [1.54, 1.807) is 0 Å². The molecule has 2 heterocycles. The van der Waals surface area contributed by atoms with Crippen LogP contribution in [-0.2, 0) is 0 Å². The van der Waals surface area contributed by atoms with Gasteiger partial charge in [-0.2, -0.15) is 0 Å². The van der Waals surface area contributed by atoms with Crippen LogP contribution in [0.15, 0.2) is 12.1 Å². The number of fused-ring (bicyclic) bond motifs is 1. The second-order valence-corrected chi connectivity index (χ2v) is 4.65. The van der Waals surface area contributed by atoms with Gasteiger partial charge in [-0.3, -0.25) is 0 Å². The minimum absolute atomic E-state index is 0.999. The molecule has 0 radical (unpaired) electrons. The van der Waals surface area contributed by atoms with E-state index in [4.69, 9.17) is 0 Å². The minimum Gasteiger partial charge on any atom is -0.368 e. The monoisotopic (exact) mass is 261 g/mol. The van der Waals surface area contributed by atoms with E-state index in [2.05, 4.69) is 50.2 Å². The molecule has 19 heavy (non-hydrogen) atoms. The zero-order valence-electron chi connectivity index (χ0n) is 13.2. The highest BCUT2D eigenvalue weighted by molar-refractivity contribution is 5.65. The fourth-order valence-corrected chi connectivity index (χ4v) is 2.00. The van der Waals surface area contributed by atoms with Crippen molar-refractivity contribution in [2.45, 2.75) is 54.4 Å². The Balaban J connectivity index is 0.000000861. The predicted molar refractivity (Wildman–Crippen MR) is 84.1 cm³/mol. The molecule has 0 bridgehead atoms. The predicted octanol–water partition coefficient (Wildman–Crippen LogP) is 4.50. The van der Waals surface area contributed by atoms with Gasteiger partial charge in [-0.1, -0.05) is 33.3 Å². The molecular weight excluding hydrogens is 234 g/mol. The molecule has 0 aliphatic carbocycles. The number of anilines is 1. The molecule has 2 aromatic rings. The van der Waals surface area contributed by atoms with Gasteiger partial charge in [0.05, 0.1) is 5.52 Å². The van der Waals surface area contributed by atoms with Crippen LogP contribution in [0, 0.1) is 20.8 Å². The van der Waals surface area contributed by atoms with E-state index in [0.717, 1.165) is 12.4 Å². The number of aromatic nitrogens is 2. The fourth-order valence-electron chi connectivity index (χ4n) is 2.00. The highest BCUT2D eigenvalue weighted by Gasteiger charge is 2.10. The van der Waals surface area contributed by atoms with Gasteiger partial charge in [0.25, 0.3) is 0 Å². The Labute approximate surface area is 117 Å². The average molecular weight is 261 g/mol. The van der Waals surface area contributed by atoms with Crippen molar-refractivity contribution in [1.82, 2.24) is 9.61 Å². The number of aryl methyl sites for hydroxylation is 3. The summed E-state index contributed by atoms with van der Waals surface area (Å²) in [5, 5.41) is 8.07. The van der Waals surface area contributed by atoms with Crippen LogP contribution >= 0.6 is 0 Å². The van der Waals surface area contributed by atoms with E-state index in [-0.39, 0.29) is 0 Å². The van der Waals surface area contributed by atoms with Crippen LogP contribution in [0.25, 0.3) is 5.52 Å². The molecule has 2 aromatic heterocycles. The SMILES string of the molecule is CC.CCCCNc1nn2c(C)c(C)ccc2c1C. The van der Waals surface area contributed by atoms with Crippen molar-refractivity contribution in [3.8, 4) is 0 Å². The molecular formula is C16H27N3. The van der Waals surface area contributed by atoms with Crippen molar-refractivity contribution in [3.63, 3.8) is 0 Å². The van der Waals surface area contributed by atoms with E-state index in [1.165, 1.54) is 35.2 Å². The van der Waals surface area contributed by atoms with E-state index in [1.807, 2.05) is 18.4 Å². The lowest BCUT2D eigenvalue weighted by atomic mass is 10.2. The maximum atomic E-state index is 4.65. The molecule has 3 nitrogen and oxygen atoms in total. The van der Waals surface area contributed by atoms with Crippen molar-refractivity contribution in [3.05, 3.63) is 29.0 Å². The summed E-state index contributed by atoms with van der Waals surface area (Å²) in [5.41, 5.74) is 4.94. The third-order valence-electron chi connectivity index (χ3n) is 3.37. The summed E-state index contributed by atoms with van der Waals surface area (Å²) in [5.74, 6) is 1.02. The Morgan fingerprint density at radius 1 is 1.16 bits per heavy atom. The Bertz CT molecular complexity index is 526. The zero-order valence-corrected chi connectivity index (χ0v) is 13.2. The Morgan fingerprint density at radius 3 is 2.47 bits per heavy atom. The smallest absolute Gasteiger partial charge is 0.152 e. The first-order chi connectivity index (χ1) is 9.15. The highest BCUT2D eigenvalue weighted by Crippen LogP contribution is 2.21. The summed E-state index contributed by atoms with van der Waals surface area (Å²) in [4.78, 5) is 0. The first kappa shape index (κ1) is 15.5. The fraction of sp³-hybridized carbons (Fsp3) is 0.562. The Hall–Kier alpha value is -1.51. The van der Waals surface area contributed by atoms with Gasteiger partial charge in [-0.15, -0.1) is 5.10 Å². The van der Waals surface area contributed by atoms with Crippen molar-refractivity contribution >= 4 is 11.3 Å². The van der Waals surface area contributed by atoms with Gasteiger partial charge in [0.2, 0.25) is 0 Å². The van der Waals surface area contributed by atoms with Crippen molar-refractivity contribution in [2.75, 3.05) is 11.9 Å². The molecule has 1 N–H and O–H groups in total. The molecule has 0 atom stereocenters. The molecule has 2 rings (SSSR count). The summed E-state index contributed by atoms with van der Waals surface area (Å²) in [6.07, 6.45) is 2.39. The van der Waals surface area contributed by atoms with E-state index in [0.29, 0.717) is 0 Å². The van der Waals surface area contributed by atoms with Crippen LogP contribution in [0.1, 0.15) is 50.4 Å². The Kier molecular flexibility index (Phi) is 5.87. The number of nitrogens with zero attached hydrogens (tertiary/aromatic N) is 2. The lowest BCUT2D eigenvalue weighted by molar-refractivity contribution is 0.823. The number of hydrogen-bond acceptors (Lipinski definition) is 2. The van der Waals surface area contributed by atoms with Crippen LogP contribution in [0.4, 0.5) is 5.82 Å². The average Bonchev–Trinajstić information content (AvgIpc) is 2.75. The lowest BCUT2D eigenvalue weighted by Crippen LogP contribution is -2.03. The Morgan fingerprint density at radius 2 is 1.84 bits per heavy atom. The molecule has 0 aliphatic rings. The molecule has 0 unspecified atom stereocenters. The van der Waals surface area contributed by atoms with E-state index in [9.17, 15) is 0 Å². The first-order valence-electron chi connectivity index (χ1n) is 7.34. The third-order valence-corrected chi connectivity index (χ3v) is 3.37. The molecule has 0 aromatic carbocycles. The molecule has 0 aliphatic heterocycles. The van der Waals surface area contributed by atoms with Crippen LogP contribution in [0.5, 0.6) is 0 Å². The van der Waals surface area contributed by atoms with Crippen molar-refractivity contribution in [1.29, 1.82) is 0 Å². The molecule has 3 heteroatoms. The molecule has 0 saturated carbocycles. The standard InChI is InChI=1S/C14H21N3.C2H6/c1-5-6-9-15-14-11(3)13-8-7-10(2)12(4)17(13)16-14;1-2/h7-8H,5-6,9H2,1-4H3,(H,15,16);1-2H3. The number of pyridine rings is 1. The van der Waals surface area contributed by atoms with Gasteiger partial charge in [0, 0.05) is 17.8 Å². The molecule has 0 spiro atoms. The quantitative estimate of drug-likeness (QED) is 0.821. The third kappa shape index (κ3) is 3.28. The van der Waals surface area contributed by atoms with Gasteiger partial charge >= 0.3 is 0 Å². The first-order valence-corrected chi connectivity index (χ1v) is 7.34. The van der Waals surface area contributed by atoms with Crippen molar-refractivity contribution in [2.24, 2.45) is 0 Å². The van der Waals surface area contributed by atoms with E-state index < -0.39 is 0 Å². The van der Waals surface area contributed by atoms with Crippen LogP contribution in [-0.4, -0.2) is 16.2 Å². The number of rotatable bonds is 4. The number of unbranched alkanes of at least 4 members (excludes halogenated alkanes) is 1. The lowest BCUT2D eigenvalue weighted by Gasteiger charge is -2.02. The second-order valence-electron chi connectivity index (χ2n) is 4.65. The van der Waals surface area contributed by atoms with Gasteiger partial charge in [-0.05, 0) is 38.8 Å². The highest BCUT2D eigenvalue weighted by atomic mass is 15.3. The number of nitrogens with one attached hydrogen (secondary N) is 1. The molecule has 0 fully saturated rings. The van der Waals surface area contributed by atoms with Gasteiger partial charge in [0.15, 0.2) is 5.82 Å². The largest absolute Gasteiger partial charge is 0.368 e. The molecule has 0 amide bonds. The normalized spacial score (nSPS) is 10.2. The summed E-state index contributed by atoms with van der Waals surface area (Å²) < 4.78 is 2.04. The summed E-state index contributed by atoms with van der Waals surface area (Å²) in [6.45, 7) is 13.6. The van der Waals surface area contributed by atoms with Gasteiger partial charge in [0.1, 0.15) is 0 Å². The topological polar surface area (TPSA) is 29.3 Å².